The van der Waals surface area contributed by atoms with Gasteiger partial charge >= 0.3 is 12.2 Å². The largest absolute Gasteiger partial charge is 0.456 e. The van der Waals surface area contributed by atoms with Crippen LogP contribution in [0.2, 0.25) is 0 Å². The van der Waals surface area contributed by atoms with Crippen LogP contribution in [0, 0.1) is 19.8 Å². The van der Waals surface area contributed by atoms with Crippen LogP contribution >= 0.6 is 0 Å². The lowest BCUT2D eigenvalue weighted by atomic mass is 9.91. The molecule has 1 saturated heterocycles. The van der Waals surface area contributed by atoms with Gasteiger partial charge in [-0.3, -0.25) is 5.32 Å². The van der Waals surface area contributed by atoms with Gasteiger partial charge in [0.05, 0.1) is 6.20 Å². The third-order valence-electron chi connectivity index (χ3n) is 5.94. The number of carbonyl (C=O) groups excluding carboxylic acids is 1. The first-order chi connectivity index (χ1) is 16.6. The van der Waals surface area contributed by atoms with Crippen molar-refractivity contribution in [1.82, 2.24) is 15.0 Å². The van der Waals surface area contributed by atoms with Gasteiger partial charge in [0.15, 0.2) is 5.82 Å². The van der Waals surface area contributed by atoms with Crippen LogP contribution in [0.15, 0.2) is 52.7 Å². The average molecular weight is 486 g/mol. The highest BCUT2D eigenvalue weighted by molar-refractivity contribution is 5.89. The Kier molecular flexibility index (Phi) is 6.81. The molecule has 4 rings (SSSR count). The minimum absolute atomic E-state index is 0.137. The third kappa shape index (κ3) is 5.82. The highest BCUT2D eigenvalue weighted by Gasteiger charge is 2.32. The molecule has 3 aromatic rings. The molecule has 1 unspecified atom stereocenters. The van der Waals surface area contributed by atoms with E-state index in [0.29, 0.717) is 36.8 Å². The molecule has 184 valence electrons. The van der Waals surface area contributed by atoms with Crippen molar-refractivity contribution in [2.45, 2.75) is 33.4 Å². The molecule has 1 aromatic carbocycles. The Balaban J connectivity index is 1.39. The number of nitrogens with zero attached hydrogens (tertiary/aromatic N) is 3. The van der Waals surface area contributed by atoms with Crippen LogP contribution < -0.4 is 10.1 Å². The Morgan fingerprint density at radius 1 is 1.23 bits per heavy atom. The van der Waals surface area contributed by atoms with E-state index >= 15 is 0 Å². The average Bonchev–Trinajstić information content (AvgIpc) is 3.12. The lowest BCUT2D eigenvalue weighted by Crippen LogP contribution is -2.42. The van der Waals surface area contributed by atoms with E-state index in [4.69, 9.17) is 9.26 Å². The van der Waals surface area contributed by atoms with Crippen LogP contribution in [0.25, 0.3) is 6.08 Å². The Morgan fingerprint density at radius 3 is 2.66 bits per heavy atom. The number of nitrogens with one attached hydrogen (secondary N) is 1. The Hall–Kier alpha value is -3.82. The summed E-state index contributed by atoms with van der Waals surface area (Å²) in [5.41, 5.74) is 1.92. The summed E-state index contributed by atoms with van der Waals surface area (Å²) in [6, 6.07) is 9.19. The molecule has 0 aliphatic carbocycles. The molecule has 0 saturated carbocycles. The molecule has 2 amide bonds. The smallest absolute Gasteiger partial charge is 0.433 e. The maximum absolute atomic E-state index is 12.7. The summed E-state index contributed by atoms with van der Waals surface area (Å²) in [6.45, 7) is 6.81. The van der Waals surface area contributed by atoms with Gasteiger partial charge in [0.2, 0.25) is 0 Å². The van der Waals surface area contributed by atoms with Crippen molar-refractivity contribution in [3.8, 4) is 11.5 Å². The number of aryl methyl sites for hydroxylation is 1. The van der Waals surface area contributed by atoms with Gasteiger partial charge in [0, 0.05) is 18.7 Å². The number of ether oxygens (including phenoxy) is 1. The van der Waals surface area contributed by atoms with Crippen LogP contribution in [-0.4, -0.2) is 34.2 Å². The summed E-state index contributed by atoms with van der Waals surface area (Å²) in [5, 5.41) is 6.69. The molecule has 1 aliphatic rings. The fourth-order valence-electron chi connectivity index (χ4n) is 3.79. The summed E-state index contributed by atoms with van der Waals surface area (Å²) in [4.78, 5) is 17.8. The standard InChI is InChI=1S/C25H25F3N4O3/c1-15-14-32(24(33)30-23-16(2)17(3)35-31-23)10-9-19(15)11-18-5-4-6-20(12-18)34-21-7-8-22(29-13-21)25(26,27)28/h4-8,11-13,15H,9-10,14H2,1-3H3,(H,30,31,33). The zero-order chi connectivity index (χ0) is 25.2. The van der Waals surface area contributed by atoms with Crippen molar-refractivity contribution in [3.05, 3.63) is 70.7 Å². The molecule has 1 N–H and O–H groups in total. The number of likely N-dealkylation sites (tertiary alicyclic amines) is 1. The molecule has 35 heavy (non-hydrogen) atoms. The third-order valence-corrected chi connectivity index (χ3v) is 5.94. The maximum Gasteiger partial charge on any atom is 0.433 e. The number of aromatic nitrogens is 2. The molecule has 1 aliphatic heterocycles. The van der Waals surface area contributed by atoms with Crippen LogP contribution in [0.5, 0.6) is 11.5 Å². The topological polar surface area (TPSA) is 80.5 Å². The van der Waals surface area contributed by atoms with Crippen LogP contribution in [0.3, 0.4) is 0 Å². The number of benzene rings is 1. The fraction of sp³-hybridized carbons (Fsp3) is 0.320. The van der Waals surface area contributed by atoms with Crippen molar-refractivity contribution in [3.63, 3.8) is 0 Å². The van der Waals surface area contributed by atoms with Crippen LogP contribution in [-0.2, 0) is 6.18 Å². The lowest BCUT2D eigenvalue weighted by molar-refractivity contribution is -0.141. The molecule has 7 nitrogen and oxygen atoms in total. The minimum Gasteiger partial charge on any atom is -0.456 e. The fourth-order valence-corrected chi connectivity index (χ4v) is 3.79. The molecule has 0 bridgehead atoms. The van der Waals surface area contributed by atoms with Gasteiger partial charge in [-0.1, -0.05) is 35.9 Å². The van der Waals surface area contributed by atoms with E-state index in [-0.39, 0.29) is 17.7 Å². The van der Waals surface area contributed by atoms with Crippen molar-refractivity contribution in [2.75, 3.05) is 18.4 Å². The normalized spacial score (nSPS) is 17.5. The minimum atomic E-state index is -4.49. The zero-order valence-corrected chi connectivity index (χ0v) is 19.5. The number of carbonyl (C=O) groups is 1. The molecule has 0 spiro atoms. The van der Waals surface area contributed by atoms with Gasteiger partial charge in [-0.05, 0) is 56.0 Å². The van der Waals surface area contributed by atoms with E-state index in [2.05, 4.69) is 28.5 Å². The number of alkyl halides is 3. The first kappa shape index (κ1) is 24.3. The lowest BCUT2D eigenvalue weighted by Gasteiger charge is -2.33. The highest BCUT2D eigenvalue weighted by Crippen LogP contribution is 2.31. The predicted octanol–water partition coefficient (Wildman–Crippen LogP) is 6.45. The number of amides is 2. The van der Waals surface area contributed by atoms with Crippen molar-refractivity contribution < 1.29 is 27.2 Å². The quantitative estimate of drug-likeness (QED) is 0.458. The molecule has 1 fully saturated rings. The number of hydrogen-bond acceptors (Lipinski definition) is 5. The van der Waals surface area contributed by atoms with Crippen LogP contribution in [0.4, 0.5) is 23.8 Å². The van der Waals surface area contributed by atoms with E-state index in [1.807, 2.05) is 25.1 Å². The summed E-state index contributed by atoms with van der Waals surface area (Å²) in [7, 11) is 0. The number of rotatable bonds is 4. The van der Waals surface area contributed by atoms with E-state index < -0.39 is 11.9 Å². The van der Waals surface area contributed by atoms with Gasteiger partial charge in [-0.2, -0.15) is 13.2 Å². The number of piperidine rings is 1. The van der Waals surface area contributed by atoms with Gasteiger partial charge in [0.25, 0.3) is 0 Å². The van der Waals surface area contributed by atoms with E-state index in [1.54, 1.807) is 17.9 Å². The molecular formula is C25H25F3N4O3. The summed E-state index contributed by atoms with van der Waals surface area (Å²) >= 11 is 0. The second-order valence-electron chi connectivity index (χ2n) is 8.51. The molecule has 0 radical (unpaired) electrons. The second-order valence-corrected chi connectivity index (χ2v) is 8.51. The summed E-state index contributed by atoms with van der Waals surface area (Å²) in [6.07, 6.45) is -0.674. The van der Waals surface area contributed by atoms with Crippen molar-refractivity contribution in [1.29, 1.82) is 0 Å². The predicted molar refractivity (Wildman–Crippen MR) is 124 cm³/mol. The number of anilines is 1. The molecule has 2 aromatic heterocycles. The van der Waals surface area contributed by atoms with Gasteiger partial charge in [0.1, 0.15) is 23.0 Å². The van der Waals surface area contributed by atoms with Gasteiger partial charge < -0.3 is 14.2 Å². The Morgan fingerprint density at radius 2 is 2.03 bits per heavy atom. The molecule has 1 atom stereocenters. The number of pyridine rings is 1. The molecule has 10 heteroatoms. The second kappa shape index (κ2) is 9.81. The van der Waals surface area contributed by atoms with Gasteiger partial charge in [-0.15, -0.1) is 0 Å². The van der Waals surface area contributed by atoms with E-state index in [0.717, 1.165) is 23.4 Å². The first-order valence-electron chi connectivity index (χ1n) is 11.1. The van der Waals surface area contributed by atoms with Crippen molar-refractivity contribution >= 4 is 17.9 Å². The maximum atomic E-state index is 12.7. The van der Waals surface area contributed by atoms with Gasteiger partial charge in [-0.25, -0.2) is 9.78 Å². The monoisotopic (exact) mass is 486 g/mol. The summed E-state index contributed by atoms with van der Waals surface area (Å²) in [5.74, 6) is 1.94. The first-order valence-corrected chi connectivity index (χ1v) is 11.1. The van der Waals surface area contributed by atoms with E-state index in [9.17, 15) is 18.0 Å². The number of hydrogen-bond donors (Lipinski definition) is 1. The zero-order valence-electron chi connectivity index (χ0n) is 19.5. The molecular weight excluding hydrogens is 461 g/mol. The highest BCUT2D eigenvalue weighted by atomic mass is 19.4. The molecule has 3 heterocycles. The number of halogens is 3. The SMILES string of the molecule is Cc1onc(NC(=O)N2CCC(=Cc3cccc(Oc4ccc(C(F)(F)F)nc4)c3)C(C)C2)c1C. The summed E-state index contributed by atoms with van der Waals surface area (Å²) < 4.78 is 48.9. The van der Waals surface area contributed by atoms with E-state index in [1.165, 1.54) is 11.6 Å². The number of urea groups is 1. The van der Waals surface area contributed by atoms with Crippen molar-refractivity contribution in [2.24, 2.45) is 5.92 Å². The Bertz CT molecular complexity index is 1240. The Labute approximate surface area is 200 Å². The van der Waals surface area contributed by atoms with Crippen LogP contribution in [0.1, 0.15) is 35.9 Å².